The summed E-state index contributed by atoms with van der Waals surface area (Å²) < 4.78 is 16.8. The minimum absolute atomic E-state index is 0.0720. The van der Waals surface area contributed by atoms with Crippen molar-refractivity contribution in [2.75, 3.05) is 13.2 Å². The van der Waals surface area contributed by atoms with Gasteiger partial charge in [-0.2, -0.15) is 0 Å². The molecule has 1 atom stereocenters. The molecule has 0 radical (unpaired) electrons. The first kappa shape index (κ1) is 60.6. The summed E-state index contributed by atoms with van der Waals surface area (Å²) in [6, 6.07) is 0. The average Bonchev–Trinajstić information content (AvgIpc) is 3.28. The number of carbonyl (C=O) groups excluding carboxylic acids is 3. The second kappa shape index (κ2) is 52.3. The highest BCUT2D eigenvalue weighted by Crippen LogP contribution is 2.16. The molecule has 0 aromatic rings. The lowest BCUT2D eigenvalue weighted by molar-refractivity contribution is -0.167. The molecule has 0 aromatic carbocycles. The van der Waals surface area contributed by atoms with E-state index in [0.717, 1.165) is 64.2 Å². The molecule has 0 aliphatic carbocycles. The summed E-state index contributed by atoms with van der Waals surface area (Å²) in [5.74, 6) is -0.873. The summed E-state index contributed by atoms with van der Waals surface area (Å²) in [7, 11) is 0. The van der Waals surface area contributed by atoms with Crippen molar-refractivity contribution in [2.24, 2.45) is 0 Å². The molecule has 0 saturated heterocycles. The molecular formula is C57H104O6. The van der Waals surface area contributed by atoms with Gasteiger partial charge in [0.05, 0.1) is 0 Å². The first-order chi connectivity index (χ1) is 31.0. The van der Waals surface area contributed by atoms with Crippen LogP contribution in [0.5, 0.6) is 0 Å². The fourth-order valence-corrected chi connectivity index (χ4v) is 7.94. The summed E-state index contributed by atoms with van der Waals surface area (Å²) in [4.78, 5) is 37.9. The first-order valence-electron chi connectivity index (χ1n) is 27.5. The van der Waals surface area contributed by atoms with Crippen LogP contribution < -0.4 is 0 Å². The van der Waals surface area contributed by atoms with Gasteiger partial charge in [-0.05, 0) is 77.0 Å². The van der Waals surface area contributed by atoms with Gasteiger partial charge in [0.25, 0.3) is 0 Å². The summed E-state index contributed by atoms with van der Waals surface area (Å²) in [6.07, 6.45) is 61.5. The Balaban J connectivity index is 4.20. The second-order valence-corrected chi connectivity index (χ2v) is 18.5. The van der Waals surface area contributed by atoms with E-state index < -0.39 is 6.10 Å². The lowest BCUT2D eigenvalue weighted by atomic mass is 10.1. The van der Waals surface area contributed by atoms with Crippen molar-refractivity contribution in [3.63, 3.8) is 0 Å². The minimum atomic E-state index is -0.770. The summed E-state index contributed by atoms with van der Waals surface area (Å²) in [6.45, 7) is 6.59. The van der Waals surface area contributed by atoms with E-state index in [0.29, 0.717) is 19.3 Å². The van der Waals surface area contributed by atoms with Crippen molar-refractivity contribution >= 4 is 17.9 Å². The zero-order valence-corrected chi connectivity index (χ0v) is 42.1. The number of rotatable bonds is 50. The fourth-order valence-electron chi connectivity index (χ4n) is 7.94. The second-order valence-electron chi connectivity index (χ2n) is 18.5. The molecule has 1 unspecified atom stereocenters. The molecule has 0 rings (SSSR count). The van der Waals surface area contributed by atoms with Gasteiger partial charge in [0, 0.05) is 19.3 Å². The first-order valence-corrected chi connectivity index (χ1v) is 27.5. The highest BCUT2D eigenvalue weighted by atomic mass is 16.6. The van der Waals surface area contributed by atoms with E-state index >= 15 is 0 Å². The van der Waals surface area contributed by atoms with Crippen LogP contribution in [-0.2, 0) is 28.6 Å². The van der Waals surface area contributed by atoms with Crippen molar-refractivity contribution in [3.05, 3.63) is 36.5 Å². The largest absolute Gasteiger partial charge is 0.462 e. The topological polar surface area (TPSA) is 78.9 Å². The maximum atomic E-state index is 12.8. The van der Waals surface area contributed by atoms with Crippen LogP contribution >= 0.6 is 0 Å². The van der Waals surface area contributed by atoms with Gasteiger partial charge in [0.15, 0.2) is 6.10 Å². The Morgan fingerprint density at radius 3 is 0.921 bits per heavy atom. The van der Waals surface area contributed by atoms with Crippen molar-refractivity contribution < 1.29 is 28.6 Å². The molecular weight excluding hydrogens is 781 g/mol. The Hall–Kier alpha value is -2.37. The Labute approximate surface area is 391 Å². The van der Waals surface area contributed by atoms with Gasteiger partial charge in [-0.1, -0.05) is 231 Å². The Bertz CT molecular complexity index is 1060. The third-order valence-electron chi connectivity index (χ3n) is 12.1. The molecule has 63 heavy (non-hydrogen) atoms. The smallest absolute Gasteiger partial charge is 0.306 e. The van der Waals surface area contributed by atoms with Crippen LogP contribution in [0.15, 0.2) is 36.5 Å². The third kappa shape index (κ3) is 50.5. The zero-order valence-electron chi connectivity index (χ0n) is 42.1. The molecule has 0 saturated carbocycles. The van der Waals surface area contributed by atoms with Crippen LogP contribution in [0.4, 0.5) is 0 Å². The quantitative estimate of drug-likeness (QED) is 0.0262. The van der Waals surface area contributed by atoms with Crippen molar-refractivity contribution in [1.29, 1.82) is 0 Å². The normalized spacial score (nSPS) is 12.2. The van der Waals surface area contributed by atoms with Crippen molar-refractivity contribution in [1.82, 2.24) is 0 Å². The average molecular weight is 885 g/mol. The maximum absolute atomic E-state index is 12.8. The molecule has 0 spiro atoms. The lowest BCUT2D eigenvalue weighted by Crippen LogP contribution is -2.30. The predicted molar refractivity (Wildman–Crippen MR) is 270 cm³/mol. The molecule has 6 heteroatoms. The Kier molecular flexibility index (Phi) is 50.3. The number of hydrogen-bond acceptors (Lipinski definition) is 6. The SMILES string of the molecule is CCCCC/C=C\C/C=C\CCCCCCCCCCCC(=O)OCC(COC(=O)CCCCCCCCC)OC(=O)CCCCCCCCCCC/C=C\CCCCCCCC. The standard InChI is InChI=1S/C57H104O6/c1-4-7-10-13-16-18-20-22-24-26-28-30-32-34-36-38-41-44-47-50-56(59)62-53-54(52-61-55(58)49-46-43-40-15-12-9-6-3)63-57(60)51-48-45-42-39-37-35-33-31-29-27-25-23-21-19-17-14-11-8-5-2/h16,18,22-25,54H,4-15,17,19-21,26-53H2,1-3H3/b18-16-,24-22-,25-23-. The molecule has 0 aromatic heterocycles. The van der Waals surface area contributed by atoms with Gasteiger partial charge < -0.3 is 14.2 Å². The van der Waals surface area contributed by atoms with Crippen LogP contribution in [0.2, 0.25) is 0 Å². The Morgan fingerprint density at radius 2 is 0.571 bits per heavy atom. The number of hydrogen-bond donors (Lipinski definition) is 0. The molecule has 368 valence electrons. The van der Waals surface area contributed by atoms with Crippen LogP contribution in [0.1, 0.15) is 290 Å². The predicted octanol–water partition coefficient (Wildman–Crippen LogP) is 18.1. The molecule has 0 aliphatic heterocycles. The van der Waals surface area contributed by atoms with Gasteiger partial charge in [-0.15, -0.1) is 0 Å². The summed E-state index contributed by atoms with van der Waals surface area (Å²) >= 11 is 0. The number of unbranched alkanes of at least 4 members (excludes halogenated alkanes) is 33. The number of allylic oxidation sites excluding steroid dienone is 6. The van der Waals surface area contributed by atoms with Gasteiger partial charge >= 0.3 is 17.9 Å². The highest BCUT2D eigenvalue weighted by molar-refractivity contribution is 5.71. The van der Waals surface area contributed by atoms with Gasteiger partial charge in [0.2, 0.25) is 0 Å². The van der Waals surface area contributed by atoms with Crippen molar-refractivity contribution in [2.45, 2.75) is 297 Å². The lowest BCUT2D eigenvalue weighted by Gasteiger charge is -2.18. The van der Waals surface area contributed by atoms with Crippen LogP contribution in [-0.4, -0.2) is 37.2 Å². The molecule has 0 aliphatic rings. The van der Waals surface area contributed by atoms with E-state index in [1.165, 1.54) is 186 Å². The molecule has 6 nitrogen and oxygen atoms in total. The molecule has 0 amide bonds. The summed E-state index contributed by atoms with van der Waals surface area (Å²) in [5, 5.41) is 0. The van der Waals surface area contributed by atoms with Crippen LogP contribution in [0, 0.1) is 0 Å². The molecule has 0 heterocycles. The number of carbonyl (C=O) groups is 3. The Morgan fingerprint density at radius 1 is 0.317 bits per heavy atom. The molecule has 0 N–H and O–H groups in total. The van der Waals surface area contributed by atoms with Crippen molar-refractivity contribution in [3.8, 4) is 0 Å². The van der Waals surface area contributed by atoms with Gasteiger partial charge in [0.1, 0.15) is 13.2 Å². The zero-order chi connectivity index (χ0) is 45.8. The molecule has 0 fully saturated rings. The van der Waals surface area contributed by atoms with E-state index in [4.69, 9.17) is 14.2 Å². The number of ether oxygens (including phenoxy) is 3. The number of esters is 3. The third-order valence-corrected chi connectivity index (χ3v) is 12.1. The summed E-state index contributed by atoms with van der Waals surface area (Å²) in [5.41, 5.74) is 0. The van der Waals surface area contributed by atoms with E-state index in [1.54, 1.807) is 0 Å². The monoisotopic (exact) mass is 885 g/mol. The minimum Gasteiger partial charge on any atom is -0.462 e. The maximum Gasteiger partial charge on any atom is 0.306 e. The van der Waals surface area contributed by atoms with Gasteiger partial charge in [-0.25, -0.2) is 0 Å². The van der Waals surface area contributed by atoms with E-state index in [9.17, 15) is 14.4 Å². The van der Waals surface area contributed by atoms with E-state index in [1.807, 2.05) is 0 Å². The van der Waals surface area contributed by atoms with E-state index in [2.05, 4.69) is 57.2 Å². The molecule has 0 bridgehead atoms. The highest BCUT2D eigenvalue weighted by Gasteiger charge is 2.19. The van der Waals surface area contributed by atoms with Crippen LogP contribution in [0.3, 0.4) is 0 Å². The van der Waals surface area contributed by atoms with E-state index in [-0.39, 0.29) is 31.1 Å². The van der Waals surface area contributed by atoms with Crippen LogP contribution in [0.25, 0.3) is 0 Å². The fraction of sp³-hybridized carbons (Fsp3) is 0.842. The van der Waals surface area contributed by atoms with Gasteiger partial charge in [-0.3, -0.25) is 14.4 Å².